The largest absolute Gasteiger partial charge is 0.356 e. The average Bonchev–Trinajstić information content (AvgIpc) is 2.70. The lowest BCUT2D eigenvalue weighted by atomic mass is 9.89. The molecule has 1 aliphatic rings. The summed E-state index contributed by atoms with van der Waals surface area (Å²) in [7, 11) is 0. The summed E-state index contributed by atoms with van der Waals surface area (Å²) >= 11 is 0. The van der Waals surface area contributed by atoms with Gasteiger partial charge in [-0.05, 0) is 54.9 Å². The van der Waals surface area contributed by atoms with Crippen molar-refractivity contribution in [1.82, 2.24) is 15.2 Å². The Morgan fingerprint density at radius 2 is 1.81 bits per heavy atom. The summed E-state index contributed by atoms with van der Waals surface area (Å²) in [6.07, 6.45) is 7.32. The molecule has 0 spiro atoms. The lowest BCUT2D eigenvalue weighted by molar-refractivity contribution is -0.118. The maximum atomic E-state index is 12.5. The third-order valence-electron chi connectivity index (χ3n) is 5.15. The molecule has 0 aliphatic carbocycles. The summed E-state index contributed by atoms with van der Waals surface area (Å²) < 4.78 is 0. The topological polar surface area (TPSA) is 62.3 Å². The van der Waals surface area contributed by atoms with Crippen LogP contribution in [0, 0.1) is 5.92 Å². The number of likely N-dealkylation sites (tertiary alicyclic amines) is 1. The Hall–Kier alpha value is -2.69. The van der Waals surface area contributed by atoms with Crippen LogP contribution >= 0.6 is 0 Å². The van der Waals surface area contributed by atoms with E-state index in [1.165, 1.54) is 11.1 Å². The maximum Gasteiger partial charge on any atom is 0.255 e. The molecular formula is C22H27N3O2. The summed E-state index contributed by atoms with van der Waals surface area (Å²) in [6.45, 7) is 3.84. The average molecular weight is 365 g/mol. The number of benzene rings is 1. The molecule has 2 amide bonds. The summed E-state index contributed by atoms with van der Waals surface area (Å²) in [4.78, 5) is 29.4. The number of nitrogens with zero attached hydrogens (tertiary/aromatic N) is 2. The van der Waals surface area contributed by atoms with E-state index in [-0.39, 0.29) is 11.8 Å². The molecule has 1 saturated heterocycles. The standard InChI is InChI=1S/C22H27N3O2/c1-17(26)24-12-8-18-4-6-19(7-5-18)15-20-9-13-25(14-10-20)22(27)21-3-2-11-23-16-21/h2-7,11,16,20H,8-10,12-15H2,1H3,(H,24,26). The van der Waals surface area contributed by atoms with Crippen LogP contribution in [0.4, 0.5) is 0 Å². The van der Waals surface area contributed by atoms with Gasteiger partial charge in [-0.15, -0.1) is 0 Å². The van der Waals surface area contributed by atoms with Gasteiger partial charge in [0.1, 0.15) is 0 Å². The van der Waals surface area contributed by atoms with E-state index in [2.05, 4.69) is 34.6 Å². The number of amides is 2. The molecule has 0 radical (unpaired) electrons. The van der Waals surface area contributed by atoms with Gasteiger partial charge in [0.15, 0.2) is 0 Å². The molecule has 2 heterocycles. The van der Waals surface area contributed by atoms with Gasteiger partial charge in [0.25, 0.3) is 5.91 Å². The van der Waals surface area contributed by atoms with Crippen LogP contribution in [0.2, 0.25) is 0 Å². The van der Waals surface area contributed by atoms with Gasteiger partial charge in [0.05, 0.1) is 5.56 Å². The number of rotatable bonds is 6. The molecule has 0 bridgehead atoms. The predicted molar refractivity (Wildman–Crippen MR) is 105 cm³/mol. The molecule has 5 nitrogen and oxygen atoms in total. The first-order chi connectivity index (χ1) is 13.1. The normalized spacial score (nSPS) is 14.8. The second-order valence-electron chi connectivity index (χ2n) is 7.23. The minimum absolute atomic E-state index is 0.0139. The monoisotopic (exact) mass is 365 g/mol. The van der Waals surface area contributed by atoms with E-state index in [4.69, 9.17) is 0 Å². The molecule has 0 atom stereocenters. The van der Waals surface area contributed by atoms with Gasteiger partial charge < -0.3 is 10.2 Å². The smallest absolute Gasteiger partial charge is 0.255 e. The Morgan fingerprint density at radius 1 is 1.11 bits per heavy atom. The van der Waals surface area contributed by atoms with Crippen molar-refractivity contribution in [2.75, 3.05) is 19.6 Å². The van der Waals surface area contributed by atoms with E-state index in [9.17, 15) is 9.59 Å². The fourth-order valence-corrected chi connectivity index (χ4v) is 3.57. The highest BCUT2D eigenvalue weighted by Crippen LogP contribution is 2.23. The number of aromatic nitrogens is 1. The molecular weight excluding hydrogens is 338 g/mol. The lowest BCUT2D eigenvalue weighted by Crippen LogP contribution is -2.38. The molecule has 1 aliphatic heterocycles. The fraction of sp³-hybridized carbons (Fsp3) is 0.409. The first kappa shape index (κ1) is 19.1. The van der Waals surface area contributed by atoms with E-state index < -0.39 is 0 Å². The van der Waals surface area contributed by atoms with Crippen molar-refractivity contribution >= 4 is 11.8 Å². The van der Waals surface area contributed by atoms with Gasteiger partial charge in [-0.1, -0.05) is 24.3 Å². The minimum Gasteiger partial charge on any atom is -0.356 e. The SMILES string of the molecule is CC(=O)NCCc1ccc(CC2CCN(C(=O)c3cccnc3)CC2)cc1. The molecule has 5 heteroatoms. The van der Waals surface area contributed by atoms with Crippen LogP contribution in [0.3, 0.4) is 0 Å². The van der Waals surface area contributed by atoms with E-state index in [0.717, 1.165) is 38.8 Å². The molecule has 27 heavy (non-hydrogen) atoms. The van der Waals surface area contributed by atoms with E-state index in [0.29, 0.717) is 18.0 Å². The molecule has 3 rings (SSSR count). The Morgan fingerprint density at radius 3 is 2.44 bits per heavy atom. The van der Waals surface area contributed by atoms with Crippen molar-refractivity contribution in [3.8, 4) is 0 Å². The minimum atomic E-state index is 0.0139. The second-order valence-corrected chi connectivity index (χ2v) is 7.23. The Kier molecular flexibility index (Phi) is 6.58. The third kappa shape index (κ3) is 5.64. The molecule has 1 fully saturated rings. The first-order valence-electron chi connectivity index (χ1n) is 9.63. The summed E-state index contributed by atoms with van der Waals surface area (Å²) in [6, 6.07) is 12.3. The number of nitrogens with one attached hydrogen (secondary N) is 1. The number of piperidine rings is 1. The summed E-state index contributed by atoms with van der Waals surface area (Å²) in [5.41, 5.74) is 3.26. The van der Waals surface area contributed by atoms with Gasteiger partial charge in [-0.2, -0.15) is 0 Å². The second kappa shape index (κ2) is 9.31. The third-order valence-corrected chi connectivity index (χ3v) is 5.15. The highest BCUT2D eigenvalue weighted by Gasteiger charge is 2.23. The van der Waals surface area contributed by atoms with Gasteiger partial charge in [0, 0.05) is 39.0 Å². The van der Waals surface area contributed by atoms with Crippen molar-refractivity contribution in [2.24, 2.45) is 5.92 Å². The van der Waals surface area contributed by atoms with Crippen molar-refractivity contribution < 1.29 is 9.59 Å². The predicted octanol–water partition coefficient (Wildman–Crippen LogP) is 2.86. The van der Waals surface area contributed by atoms with Gasteiger partial charge >= 0.3 is 0 Å². The highest BCUT2D eigenvalue weighted by atomic mass is 16.2. The molecule has 0 saturated carbocycles. The van der Waals surface area contributed by atoms with Crippen LogP contribution in [0.15, 0.2) is 48.8 Å². The molecule has 1 N–H and O–H groups in total. The fourth-order valence-electron chi connectivity index (χ4n) is 3.57. The Balaban J connectivity index is 1.45. The van der Waals surface area contributed by atoms with Crippen molar-refractivity contribution in [3.05, 3.63) is 65.5 Å². The molecule has 2 aromatic rings. The van der Waals surface area contributed by atoms with Gasteiger partial charge in [-0.25, -0.2) is 0 Å². The van der Waals surface area contributed by atoms with Crippen molar-refractivity contribution in [3.63, 3.8) is 0 Å². The number of hydrogen-bond acceptors (Lipinski definition) is 3. The zero-order valence-corrected chi connectivity index (χ0v) is 15.9. The van der Waals surface area contributed by atoms with Gasteiger partial charge in [-0.3, -0.25) is 14.6 Å². The summed E-state index contributed by atoms with van der Waals surface area (Å²) in [5.74, 6) is 0.721. The van der Waals surface area contributed by atoms with Gasteiger partial charge in [0.2, 0.25) is 5.91 Å². The van der Waals surface area contributed by atoms with Crippen LogP contribution in [0.1, 0.15) is 41.3 Å². The van der Waals surface area contributed by atoms with Crippen molar-refractivity contribution in [1.29, 1.82) is 0 Å². The number of carbonyl (C=O) groups excluding carboxylic acids is 2. The zero-order valence-electron chi connectivity index (χ0n) is 15.9. The molecule has 1 aromatic carbocycles. The maximum absolute atomic E-state index is 12.5. The van der Waals surface area contributed by atoms with Crippen LogP contribution in [-0.2, 0) is 17.6 Å². The van der Waals surface area contributed by atoms with Crippen LogP contribution < -0.4 is 5.32 Å². The van der Waals surface area contributed by atoms with Crippen LogP contribution in [0.5, 0.6) is 0 Å². The quantitative estimate of drug-likeness (QED) is 0.856. The molecule has 1 aromatic heterocycles. The molecule has 0 unspecified atom stereocenters. The van der Waals surface area contributed by atoms with Crippen LogP contribution in [-0.4, -0.2) is 41.3 Å². The zero-order chi connectivity index (χ0) is 19.1. The number of carbonyl (C=O) groups is 2. The van der Waals surface area contributed by atoms with E-state index >= 15 is 0 Å². The van der Waals surface area contributed by atoms with Crippen molar-refractivity contribution in [2.45, 2.75) is 32.6 Å². The Labute approximate surface area is 160 Å². The highest BCUT2D eigenvalue weighted by molar-refractivity contribution is 5.93. The van der Waals surface area contributed by atoms with Crippen LogP contribution in [0.25, 0.3) is 0 Å². The van der Waals surface area contributed by atoms with E-state index in [1.54, 1.807) is 25.4 Å². The Bertz CT molecular complexity index is 751. The van der Waals surface area contributed by atoms with E-state index in [1.807, 2.05) is 11.0 Å². The lowest BCUT2D eigenvalue weighted by Gasteiger charge is -2.32. The number of hydrogen-bond donors (Lipinski definition) is 1. The number of pyridine rings is 1. The first-order valence-corrected chi connectivity index (χ1v) is 9.63. The summed E-state index contributed by atoms with van der Waals surface area (Å²) in [5, 5.41) is 2.82. The molecule has 142 valence electrons.